The molecule has 0 radical (unpaired) electrons. The minimum Gasteiger partial charge on any atom is -0.496 e. The van der Waals surface area contributed by atoms with Crippen molar-refractivity contribution in [3.05, 3.63) is 59.9 Å². The quantitative estimate of drug-likeness (QED) is 0.492. The predicted molar refractivity (Wildman–Crippen MR) is 128 cm³/mol. The molecular weight excluding hydrogens is 416 g/mol. The fraction of sp³-hybridized carbons (Fsp3) is 0.440. The normalized spacial score (nSPS) is 16.2. The topological polar surface area (TPSA) is 76.5 Å². The van der Waals surface area contributed by atoms with E-state index in [9.17, 15) is 0 Å². The lowest BCUT2D eigenvalue weighted by Crippen LogP contribution is -2.21. The second kappa shape index (κ2) is 10.7. The number of aromatic nitrogens is 4. The van der Waals surface area contributed by atoms with E-state index in [0.717, 1.165) is 60.1 Å². The molecule has 1 aliphatic rings. The second-order valence-corrected chi connectivity index (χ2v) is 8.49. The fourth-order valence-corrected chi connectivity index (χ4v) is 4.29. The SMILES string of the molecule is CCOCc1cc(CN2CCC(c3nc(N(C)C)ncc3-c3cncnc3)C2)ccc1OC. The van der Waals surface area contributed by atoms with E-state index in [0.29, 0.717) is 19.1 Å². The van der Waals surface area contributed by atoms with Gasteiger partial charge < -0.3 is 14.4 Å². The van der Waals surface area contributed by atoms with Gasteiger partial charge in [-0.05, 0) is 37.6 Å². The van der Waals surface area contributed by atoms with Crippen LogP contribution >= 0.6 is 0 Å². The van der Waals surface area contributed by atoms with Crippen molar-refractivity contribution in [2.75, 3.05) is 45.8 Å². The molecule has 3 aromatic rings. The summed E-state index contributed by atoms with van der Waals surface area (Å²) < 4.78 is 11.1. The first-order valence-electron chi connectivity index (χ1n) is 11.3. The molecule has 0 N–H and O–H groups in total. The van der Waals surface area contributed by atoms with Crippen molar-refractivity contribution >= 4 is 5.95 Å². The van der Waals surface area contributed by atoms with Gasteiger partial charge >= 0.3 is 0 Å². The zero-order valence-electron chi connectivity index (χ0n) is 19.9. The highest BCUT2D eigenvalue weighted by Gasteiger charge is 2.28. The molecule has 1 aromatic carbocycles. The lowest BCUT2D eigenvalue weighted by Gasteiger charge is -2.20. The van der Waals surface area contributed by atoms with Crippen LogP contribution < -0.4 is 9.64 Å². The van der Waals surface area contributed by atoms with Crippen molar-refractivity contribution in [1.29, 1.82) is 0 Å². The standard InChI is InChI=1S/C25H32N6O2/c1-5-33-16-20-10-18(6-7-23(20)32-4)14-31-9-8-19(15-31)24-22(21-11-26-17-27-12-21)13-28-25(29-24)30(2)3/h6-7,10-13,17,19H,5,8-9,14-16H2,1-4H3. The third kappa shape index (κ3) is 5.46. The summed E-state index contributed by atoms with van der Waals surface area (Å²) in [5, 5.41) is 0. The first-order valence-corrected chi connectivity index (χ1v) is 11.3. The minimum atomic E-state index is 0.322. The molecule has 1 fully saturated rings. The van der Waals surface area contributed by atoms with Crippen molar-refractivity contribution < 1.29 is 9.47 Å². The molecule has 1 atom stereocenters. The number of hydrogen-bond donors (Lipinski definition) is 0. The third-order valence-electron chi connectivity index (χ3n) is 5.95. The van der Waals surface area contributed by atoms with Crippen molar-refractivity contribution in [3.63, 3.8) is 0 Å². The van der Waals surface area contributed by atoms with E-state index in [2.05, 4.69) is 32.0 Å². The van der Waals surface area contributed by atoms with Gasteiger partial charge in [-0.2, -0.15) is 0 Å². The molecule has 2 aromatic heterocycles. The Morgan fingerprint density at radius 2 is 1.97 bits per heavy atom. The van der Waals surface area contributed by atoms with Gasteiger partial charge in [0, 0.05) is 75.0 Å². The molecule has 0 amide bonds. The largest absolute Gasteiger partial charge is 0.496 e. The Morgan fingerprint density at radius 1 is 1.15 bits per heavy atom. The summed E-state index contributed by atoms with van der Waals surface area (Å²) >= 11 is 0. The van der Waals surface area contributed by atoms with E-state index in [1.54, 1.807) is 13.4 Å². The van der Waals surface area contributed by atoms with Crippen LogP contribution in [0.2, 0.25) is 0 Å². The minimum absolute atomic E-state index is 0.322. The van der Waals surface area contributed by atoms with E-state index >= 15 is 0 Å². The van der Waals surface area contributed by atoms with Crippen molar-refractivity contribution in [1.82, 2.24) is 24.8 Å². The second-order valence-electron chi connectivity index (χ2n) is 8.49. The monoisotopic (exact) mass is 448 g/mol. The van der Waals surface area contributed by atoms with Crippen LogP contribution in [0.25, 0.3) is 11.1 Å². The lowest BCUT2D eigenvalue weighted by atomic mass is 9.97. The number of nitrogens with zero attached hydrogens (tertiary/aromatic N) is 6. The molecule has 33 heavy (non-hydrogen) atoms. The molecule has 3 heterocycles. The van der Waals surface area contributed by atoms with Crippen LogP contribution in [-0.2, 0) is 17.9 Å². The maximum absolute atomic E-state index is 5.63. The molecular formula is C25H32N6O2. The number of benzene rings is 1. The Hall–Kier alpha value is -3.10. The van der Waals surface area contributed by atoms with Gasteiger partial charge in [0.15, 0.2) is 0 Å². The summed E-state index contributed by atoms with van der Waals surface area (Å²) in [5.41, 5.74) is 5.38. The van der Waals surface area contributed by atoms with Crippen molar-refractivity contribution in [2.24, 2.45) is 0 Å². The number of rotatable bonds is 9. The van der Waals surface area contributed by atoms with Crippen LogP contribution in [0.4, 0.5) is 5.95 Å². The maximum Gasteiger partial charge on any atom is 0.225 e. The number of ether oxygens (including phenoxy) is 2. The highest BCUT2D eigenvalue weighted by Crippen LogP contribution is 2.34. The molecule has 1 saturated heterocycles. The third-order valence-corrected chi connectivity index (χ3v) is 5.95. The summed E-state index contributed by atoms with van der Waals surface area (Å²) in [6, 6.07) is 6.38. The van der Waals surface area contributed by atoms with Crippen LogP contribution in [-0.4, -0.2) is 65.7 Å². The Kier molecular flexibility index (Phi) is 7.47. The average molecular weight is 449 g/mol. The molecule has 0 aliphatic carbocycles. The van der Waals surface area contributed by atoms with Gasteiger partial charge in [0.05, 0.1) is 19.4 Å². The van der Waals surface area contributed by atoms with Crippen LogP contribution in [0.15, 0.2) is 43.1 Å². The van der Waals surface area contributed by atoms with E-state index < -0.39 is 0 Å². The molecule has 1 aliphatic heterocycles. The molecule has 8 nitrogen and oxygen atoms in total. The molecule has 1 unspecified atom stereocenters. The van der Waals surface area contributed by atoms with Gasteiger partial charge in [0.25, 0.3) is 0 Å². The molecule has 0 bridgehead atoms. The molecule has 0 saturated carbocycles. The van der Waals surface area contributed by atoms with E-state index in [1.165, 1.54) is 5.56 Å². The van der Waals surface area contributed by atoms with Gasteiger partial charge in [-0.25, -0.2) is 19.9 Å². The number of hydrogen-bond acceptors (Lipinski definition) is 8. The van der Waals surface area contributed by atoms with Crippen molar-refractivity contribution in [2.45, 2.75) is 32.4 Å². The zero-order valence-corrected chi connectivity index (χ0v) is 19.9. The number of methoxy groups -OCH3 is 1. The average Bonchev–Trinajstić information content (AvgIpc) is 3.31. The lowest BCUT2D eigenvalue weighted by molar-refractivity contribution is 0.132. The Balaban J connectivity index is 1.54. The van der Waals surface area contributed by atoms with Gasteiger partial charge in [0.2, 0.25) is 5.95 Å². The van der Waals surface area contributed by atoms with E-state index in [4.69, 9.17) is 14.5 Å². The molecule has 174 valence electrons. The molecule has 0 spiro atoms. The summed E-state index contributed by atoms with van der Waals surface area (Å²) in [4.78, 5) is 22.3. The van der Waals surface area contributed by atoms with Crippen LogP contribution in [0.1, 0.15) is 36.1 Å². The first kappa shape index (κ1) is 23.1. The van der Waals surface area contributed by atoms with Crippen LogP contribution in [0.3, 0.4) is 0 Å². The smallest absolute Gasteiger partial charge is 0.225 e. The highest BCUT2D eigenvalue weighted by atomic mass is 16.5. The number of likely N-dealkylation sites (tertiary alicyclic amines) is 1. The summed E-state index contributed by atoms with van der Waals surface area (Å²) in [6.45, 7) is 6.10. The van der Waals surface area contributed by atoms with E-state index in [1.807, 2.05) is 50.6 Å². The molecule has 8 heteroatoms. The zero-order chi connectivity index (χ0) is 23.2. The summed E-state index contributed by atoms with van der Waals surface area (Å²) in [7, 11) is 5.64. The van der Waals surface area contributed by atoms with Gasteiger partial charge in [-0.3, -0.25) is 4.90 Å². The predicted octanol–water partition coefficient (Wildman–Crippen LogP) is 3.53. The summed E-state index contributed by atoms with van der Waals surface area (Å²) in [5.74, 6) is 1.92. The maximum atomic E-state index is 5.63. The van der Waals surface area contributed by atoms with Crippen molar-refractivity contribution in [3.8, 4) is 16.9 Å². The summed E-state index contributed by atoms with van der Waals surface area (Å²) in [6.07, 6.45) is 8.15. The van der Waals surface area contributed by atoms with E-state index in [-0.39, 0.29) is 0 Å². The van der Waals surface area contributed by atoms with Crippen LogP contribution in [0, 0.1) is 0 Å². The van der Waals surface area contributed by atoms with Crippen LogP contribution in [0.5, 0.6) is 5.75 Å². The molecule has 4 rings (SSSR count). The Labute approximate surface area is 195 Å². The number of anilines is 1. The Bertz CT molecular complexity index is 1060. The van der Waals surface area contributed by atoms with Gasteiger partial charge in [-0.15, -0.1) is 0 Å². The first-order chi connectivity index (χ1) is 16.1. The Morgan fingerprint density at radius 3 is 2.70 bits per heavy atom. The van der Waals surface area contributed by atoms with Gasteiger partial charge in [-0.1, -0.05) is 6.07 Å². The fourth-order valence-electron chi connectivity index (χ4n) is 4.29. The highest BCUT2D eigenvalue weighted by molar-refractivity contribution is 5.65. The van der Waals surface area contributed by atoms with Gasteiger partial charge in [0.1, 0.15) is 12.1 Å².